The van der Waals surface area contributed by atoms with Crippen molar-refractivity contribution in [1.29, 1.82) is 0 Å². The van der Waals surface area contributed by atoms with Crippen LogP contribution in [0, 0.1) is 0 Å². The number of amides is 1. The summed E-state index contributed by atoms with van der Waals surface area (Å²) in [6, 6.07) is 15.4. The highest BCUT2D eigenvalue weighted by atomic mass is 35.5. The van der Waals surface area contributed by atoms with Gasteiger partial charge in [0.05, 0.1) is 0 Å². The van der Waals surface area contributed by atoms with Crippen LogP contribution >= 0.6 is 11.6 Å². The summed E-state index contributed by atoms with van der Waals surface area (Å²) in [4.78, 5) is 14.2. The standard InChI is InChI=1S/C19H24ClN3O/c1-3-23(4-2)18-11-9-16(10-12-18)21-14-13-19(24)22-17-7-5-15(20)6-8-17/h5-12,21H,3-4,13-14H2,1-2H3,(H,22,24). The molecule has 0 unspecified atom stereocenters. The highest BCUT2D eigenvalue weighted by Gasteiger charge is 2.04. The summed E-state index contributed by atoms with van der Waals surface area (Å²) in [6.07, 6.45) is 0.403. The first-order valence-corrected chi connectivity index (χ1v) is 8.64. The molecule has 0 saturated heterocycles. The lowest BCUT2D eigenvalue weighted by Crippen LogP contribution is -2.21. The number of nitrogens with one attached hydrogen (secondary N) is 2. The Bertz CT molecular complexity index is 637. The maximum absolute atomic E-state index is 11.9. The Morgan fingerprint density at radius 1 is 0.958 bits per heavy atom. The van der Waals surface area contributed by atoms with E-state index in [0.29, 0.717) is 18.0 Å². The topological polar surface area (TPSA) is 44.4 Å². The molecule has 2 rings (SSSR count). The zero-order valence-electron chi connectivity index (χ0n) is 14.2. The van der Waals surface area contributed by atoms with E-state index in [4.69, 9.17) is 11.6 Å². The number of hydrogen-bond acceptors (Lipinski definition) is 3. The maximum atomic E-state index is 11.9. The van der Waals surface area contributed by atoms with E-state index in [9.17, 15) is 4.79 Å². The van der Waals surface area contributed by atoms with Gasteiger partial charge in [-0.15, -0.1) is 0 Å². The van der Waals surface area contributed by atoms with Crippen LogP contribution in [-0.4, -0.2) is 25.5 Å². The van der Waals surface area contributed by atoms with E-state index >= 15 is 0 Å². The first-order valence-electron chi connectivity index (χ1n) is 8.26. The Morgan fingerprint density at radius 3 is 2.12 bits per heavy atom. The van der Waals surface area contributed by atoms with Crippen LogP contribution in [0.5, 0.6) is 0 Å². The molecule has 0 bridgehead atoms. The Balaban J connectivity index is 1.77. The first kappa shape index (κ1) is 18.1. The number of rotatable bonds is 8. The van der Waals surface area contributed by atoms with Crippen LogP contribution in [0.3, 0.4) is 0 Å². The number of hydrogen-bond donors (Lipinski definition) is 2. The predicted molar refractivity (Wildman–Crippen MR) is 103 cm³/mol. The lowest BCUT2D eigenvalue weighted by Gasteiger charge is -2.21. The molecule has 0 heterocycles. The summed E-state index contributed by atoms with van der Waals surface area (Å²) in [5.74, 6) is -0.0235. The fourth-order valence-electron chi connectivity index (χ4n) is 2.46. The molecule has 2 aromatic carbocycles. The van der Waals surface area contributed by atoms with Gasteiger partial charge in [-0.1, -0.05) is 11.6 Å². The molecule has 128 valence electrons. The molecular formula is C19H24ClN3O. The van der Waals surface area contributed by atoms with Crippen LogP contribution < -0.4 is 15.5 Å². The molecule has 2 N–H and O–H groups in total. The smallest absolute Gasteiger partial charge is 0.226 e. The van der Waals surface area contributed by atoms with Crippen LogP contribution in [0.4, 0.5) is 17.1 Å². The molecule has 0 aliphatic carbocycles. The number of nitrogens with zero attached hydrogens (tertiary/aromatic N) is 1. The van der Waals surface area contributed by atoms with Gasteiger partial charge in [0, 0.05) is 48.1 Å². The van der Waals surface area contributed by atoms with Gasteiger partial charge in [-0.05, 0) is 62.4 Å². The highest BCUT2D eigenvalue weighted by Crippen LogP contribution is 2.18. The molecule has 0 aliphatic rings. The van der Waals surface area contributed by atoms with Gasteiger partial charge in [-0.25, -0.2) is 0 Å². The van der Waals surface area contributed by atoms with E-state index in [-0.39, 0.29) is 5.91 Å². The van der Waals surface area contributed by atoms with E-state index in [2.05, 4.69) is 41.5 Å². The lowest BCUT2D eigenvalue weighted by molar-refractivity contribution is -0.115. The highest BCUT2D eigenvalue weighted by molar-refractivity contribution is 6.30. The molecule has 0 radical (unpaired) electrons. The molecule has 0 fully saturated rings. The van der Waals surface area contributed by atoms with Crippen molar-refractivity contribution in [2.75, 3.05) is 35.2 Å². The number of carbonyl (C=O) groups excluding carboxylic acids is 1. The second-order valence-corrected chi connectivity index (χ2v) is 5.89. The van der Waals surface area contributed by atoms with E-state index in [1.54, 1.807) is 24.3 Å². The number of anilines is 3. The molecule has 4 nitrogen and oxygen atoms in total. The fourth-order valence-corrected chi connectivity index (χ4v) is 2.58. The molecule has 0 aliphatic heterocycles. The average molecular weight is 346 g/mol. The number of benzene rings is 2. The van der Waals surface area contributed by atoms with Crippen molar-refractivity contribution in [3.63, 3.8) is 0 Å². The second kappa shape index (κ2) is 9.18. The quantitative estimate of drug-likeness (QED) is 0.733. The van der Waals surface area contributed by atoms with Crippen molar-refractivity contribution in [1.82, 2.24) is 0 Å². The second-order valence-electron chi connectivity index (χ2n) is 5.45. The van der Waals surface area contributed by atoms with Gasteiger partial charge >= 0.3 is 0 Å². The van der Waals surface area contributed by atoms with E-state index in [1.165, 1.54) is 5.69 Å². The van der Waals surface area contributed by atoms with E-state index in [0.717, 1.165) is 24.5 Å². The minimum Gasteiger partial charge on any atom is -0.385 e. The molecule has 0 saturated carbocycles. The van der Waals surface area contributed by atoms with Gasteiger partial charge in [0.25, 0.3) is 0 Å². The summed E-state index contributed by atoms with van der Waals surface area (Å²) in [5.41, 5.74) is 2.99. The maximum Gasteiger partial charge on any atom is 0.226 e. The summed E-state index contributed by atoms with van der Waals surface area (Å²) in [7, 11) is 0. The van der Waals surface area contributed by atoms with Crippen molar-refractivity contribution < 1.29 is 4.79 Å². The Morgan fingerprint density at radius 2 is 1.54 bits per heavy atom. The van der Waals surface area contributed by atoms with Gasteiger partial charge in [-0.2, -0.15) is 0 Å². The van der Waals surface area contributed by atoms with Crippen molar-refractivity contribution in [2.45, 2.75) is 20.3 Å². The third-order valence-corrected chi connectivity index (χ3v) is 4.06. The number of carbonyl (C=O) groups is 1. The summed E-state index contributed by atoms with van der Waals surface area (Å²) in [5, 5.41) is 6.78. The summed E-state index contributed by atoms with van der Waals surface area (Å²) >= 11 is 5.82. The third-order valence-electron chi connectivity index (χ3n) is 3.81. The SMILES string of the molecule is CCN(CC)c1ccc(NCCC(=O)Nc2ccc(Cl)cc2)cc1. The van der Waals surface area contributed by atoms with E-state index < -0.39 is 0 Å². The minimum absolute atomic E-state index is 0.0235. The van der Waals surface area contributed by atoms with Crippen molar-refractivity contribution in [2.24, 2.45) is 0 Å². The van der Waals surface area contributed by atoms with Crippen LogP contribution in [0.25, 0.3) is 0 Å². The Labute approximate surface area is 148 Å². The fraction of sp³-hybridized carbons (Fsp3) is 0.316. The molecule has 5 heteroatoms. The molecule has 0 aromatic heterocycles. The van der Waals surface area contributed by atoms with Gasteiger partial charge < -0.3 is 15.5 Å². The monoisotopic (exact) mass is 345 g/mol. The molecular weight excluding hydrogens is 322 g/mol. The predicted octanol–water partition coefficient (Wildman–Crippen LogP) is 4.63. The first-order chi connectivity index (χ1) is 11.6. The minimum atomic E-state index is -0.0235. The van der Waals surface area contributed by atoms with Crippen molar-refractivity contribution >= 4 is 34.6 Å². The van der Waals surface area contributed by atoms with Crippen LogP contribution in [0.2, 0.25) is 5.02 Å². The zero-order chi connectivity index (χ0) is 17.4. The molecule has 0 spiro atoms. The molecule has 24 heavy (non-hydrogen) atoms. The Hall–Kier alpha value is -2.20. The van der Waals surface area contributed by atoms with Crippen LogP contribution in [-0.2, 0) is 4.79 Å². The Kier molecular flexibility index (Phi) is 6.94. The third kappa shape index (κ3) is 5.46. The summed E-state index contributed by atoms with van der Waals surface area (Å²) in [6.45, 7) is 6.87. The van der Waals surface area contributed by atoms with Crippen molar-refractivity contribution in [3.8, 4) is 0 Å². The van der Waals surface area contributed by atoms with E-state index in [1.807, 2.05) is 12.1 Å². The van der Waals surface area contributed by atoms with Crippen LogP contribution in [0.15, 0.2) is 48.5 Å². The van der Waals surface area contributed by atoms with Crippen molar-refractivity contribution in [3.05, 3.63) is 53.6 Å². The number of halogens is 1. The summed E-state index contributed by atoms with van der Waals surface area (Å²) < 4.78 is 0. The van der Waals surface area contributed by atoms with Gasteiger partial charge in [-0.3, -0.25) is 4.79 Å². The molecule has 1 amide bonds. The van der Waals surface area contributed by atoms with Gasteiger partial charge in [0.15, 0.2) is 0 Å². The normalized spacial score (nSPS) is 10.3. The average Bonchev–Trinajstić information content (AvgIpc) is 2.59. The lowest BCUT2D eigenvalue weighted by atomic mass is 10.2. The zero-order valence-corrected chi connectivity index (χ0v) is 14.9. The largest absolute Gasteiger partial charge is 0.385 e. The van der Waals surface area contributed by atoms with Gasteiger partial charge in [0.1, 0.15) is 0 Å². The molecule has 2 aromatic rings. The molecule has 0 atom stereocenters. The van der Waals surface area contributed by atoms with Gasteiger partial charge in [0.2, 0.25) is 5.91 Å². The van der Waals surface area contributed by atoms with Crippen LogP contribution in [0.1, 0.15) is 20.3 Å².